The Kier molecular flexibility index (Phi) is 3.75. The molecular formula is C14H14N2O3. The zero-order valence-corrected chi connectivity index (χ0v) is 10.8. The fraction of sp³-hybridized carbons (Fsp3) is 0.214. The van der Waals surface area contributed by atoms with E-state index in [1.165, 1.54) is 0 Å². The molecule has 1 aromatic heterocycles. The minimum absolute atomic E-state index is 0.104. The Hall–Kier alpha value is -2.43. The van der Waals surface area contributed by atoms with Crippen molar-refractivity contribution in [2.45, 2.75) is 13.3 Å². The second kappa shape index (κ2) is 5.48. The molecule has 0 spiro atoms. The molecular weight excluding hydrogens is 244 g/mol. The molecule has 5 heteroatoms. The Morgan fingerprint density at radius 1 is 1.42 bits per heavy atom. The lowest BCUT2D eigenvalue weighted by Crippen LogP contribution is -2.05. The average molecular weight is 258 g/mol. The maximum Gasteiger partial charge on any atom is 0.307 e. The molecule has 0 radical (unpaired) electrons. The molecule has 1 heterocycles. The third-order valence-electron chi connectivity index (χ3n) is 2.67. The van der Waals surface area contributed by atoms with Crippen LogP contribution in [0.4, 0.5) is 0 Å². The number of methoxy groups -OCH3 is 1. The molecule has 0 aliphatic carbocycles. The largest absolute Gasteiger partial charge is 0.497 e. The smallest absolute Gasteiger partial charge is 0.307 e. The monoisotopic (exact) mass is 258 g/mol. The molecule has 0 amide bonds. The van der Waals surface area contributed by atoms with Crippen LogP contribution in [0.25, 0.3) is 11.3 Å². The molecule has 0 bridgehead atoms. The van der Waals surface area contributed by atoms with Gasteiger partial charge in [0.25, 0.3) is 0 Å². The lowest BCUT2D eigenvalue weighted by atomic mass is 10.0. The summed E-state index contributed by atoms with van der Waals surface area (Å²) in [5.41, 5.74) is 2.04. The lowest BCUT2D eigenvalue weighted by molar-refractivity contribution is -0.136. The highest BCUT2D eigenvalue weighted by atomic mass is 16.5. The quantitative estimate of drug-likeness (QED) is 0.909. The molecule has 0 saturated carbocycles. The second-order valence-electron chi connectivity index (χ2n) is 4.09. The van der Waals surface area contributed by atoms with Gasteiger partial charge in [-0.3, -0.25) is 4.79 Å². The summed E-state index contributed by atoms with van der Waals surface area (Å²) in [5, 5.41) is 8.93. The molecule has 0 aliphatic heterocycles. The maximum absolute atomic E-state index is 10.9. The van der Waals surface area contributed by atoms with Gasteiger partial charge in [-0.2, -0.15) is 0 Å². The van der Waals surface area contributed by atoms with Gasteiger partial charge < -0.3 is 9.84 Å². The van der Waals surface area contributed by atoms with Crippen molar-refractivity contribution in [3.8, 4) is 17.0 Å². The zero-order valence-electron chi connectivity index (χ0n) is 10.8. The number of benzene rings is 1. The van der Waals surface area contributed by atoms with Crippen LogP contribution in [0.2, 0.25) is 0 Å². The average Bonchev–Trinajstić information content (AvgIpc) is 2.40. The van der Waals surface area contributed by atoms with Gasteiger partial charge in [0.05, 0.1) is 19.2 Å². The molecule has 98 valence electrons. The maximum atomic E-state index is 10.9. The normalized spacial score (nSPS) is 10.2. The van der Waals surface area contributed by atoms with Gasteiger partial charge in [0, 0.05) is 17.3 Å². The molecule has 19 heavy (non-hydrogen) atoms. The Bertz CT molecular complexity index is 611. The van der Waals surface area contributed by atoms with Crippen molar-refractivity contribution in [2.75, 3.05) is 7.11 Å². The van der Waals surface area contributed by atoms with Crippen LogP contribution in [-0.4, -0.2) is 28.2 Å². The lowest BCUT2D eigenvalue weighted by Gasteiger charge is -2.09. The van der Waals surface area contributed by atoms with E-state index in [1.807, 2.05) is 24.3 Å². The van der Waals surface area contributed by atoms with E-state index in [4.69, 9.17) is 9.84 Å². The number of hydrogen-bond donors (Lipinski definition) is 1. The van der Waals surface area contributed by atoms with E-state index >= 15 is 0 Å². The van der Waals surface area contributed by atoms with E-state index in [0.29, 0.717) is 22.8 Å². The summed E-state index contributed by atoms with van der Waals surface area (Å²) in [7, 11) is 1.59. The Labute approximate surface area is 110 Å². The molecule has 1 aromatic carbocycles. The number of carboxylic acid groups (broad SMARTS) is 1. The molecule has 0 aliphatic rings. The van der Waals surface area contributed by atoms with Crippen molar-refractivity contribution in [3.63, 3.8) is 0 Å². The highest BCUT2D eigenvalue weighted by Gasteiger charge is 2.12. The van der Waals surface area contributed by atoms with Gasteiger partial charge in [-0.1, -0.05) is 12.1 Å². The van der Waals surface area contributed by atoms with Gasteiger partial charge in [-0.05, 0) is 19.1 Å². The summed E-state index contributed by atoms with van der Waals surface area (Å²) < 4.78 is 5.17. The van der Waals surface area contributed by atoms with Crippen molar-refractivity contribution in [3.05, 3.63) is 41.9 Å². The van der Waals surface area contributed by atoms with Gasteiger partial charge in [-0.15, -0.1) is 0 Å². The highest BCUT2D eigenvalue weighted by Crippen LogP contribution is 2.25. The van der Waals surface area contributed by atoms with Crippen LogP contribution in [0.1, 0.15) is 11.4 Å². The number of aliphatic carboxylic acids is 1. The van der Waals surface area contributed by atoms with E-state index in [2.05, 4.69) is 9.97 Å². The predicted molar refractivity (Wildman–Crippen MR) is 70.1 cm³/mol. The second-order valence-corrected chi connectivity index (χ2v) is 4.09. The summed E-state index contributed by atoms with van der Waals surface area (Å²) in [4.78, 5) is 19.3. The Morgan fingerprint density at radius 2 is 2.21 bits per heavy atom. The first kappa shape index (κ1) is 13.0. The van der Waals surface area contributed by atoms with Crippen molar-refractivity contribution < 1.29 is 14.6 Å². The standard InChI is InChI=1S/C14H14N2O3/c1-9-15-8-11(7-13(17)18)14(16-9)10-4-3-5-12(6-10)19-2/h3-6,8H,7H2,1-2H3,(H,17,18). The fourth-order valence-corrected chi connectivity index (χ4v) is 1.81. The summed E-state index contributed by atoms with van der Waals surface area (Å²) in [5.74, 6) is 0.401. The van der Waals surface area contributed by atoms with Crippen molar-refractivity contribution in [1.29, 1.82) is 0 Å². The first-order valence-electron chi connectivity index (χ1n) is 5.79. The number of carbonyl (C=O) groups is 1. The SMILES string of the molecule is COc1cccc(-c2nc(C)ncc2CC(=O)O)c1. The molecule has 5 nitrogen and oxygen atoms in total. The first-order valence-corrected chi connectivity index (χ1v) is 5.79. The molecule has 0 fully saturated rings. The van der Waals surface area contributed by atoms with Crippen LogP contribution < -0.4 is 4.74 Å². The molecule has 2 rings (SSSR count). The summed E-state index contributed by atoms with van der Waals surface area (Å²) in [6, 6.07) is 7.37. The first-order chi connectivity index (χ1) is 9.10. The van der Waals surface area contributed by atoms with Gasteiger partial charge in [-0.25, -0.2) is 9.97 Å². The van der Waals surface area contributed by atoms with E-state index in [0.717, 1.165) is 5.56 Å². The third-order valence-corrected chi connectivity index (χ3v) is 2.67. The van der Waals surface area contributed by atoms with Gasteiger partial charge in [0.15, 0.2) is 0 Å². The number of carboxylic acids is 1. The number of aromatic nitrogens is 2. The number of nitrogens with zero attached hydrogens (tertiary/aromatic N) is 2. The minimum atomic E-state index is -0.906. The van der Waals surface area contributed by atoms with Crippen LogP contribution in [0.15, 0.2) is 30.5 Å². The predicted octanol–water partition coefficient (Wildman–Crippen LogP) is 2.09. The van der Waals surface area contributed by atoms with Gasteiger partial charge in [0.2, 0.25) is 0 Å². The van der Waals surface area contributed by atoms with Crippen LogP contribution in [0, 0.1) is 6.92 Å². The van der Waals surface area contributed by atoms with Crippen LogP contribution in [0.5, 0.6) is 5.75 Å². The topological polar surface area (TPSA) is 72.3 Å². The number of rotatable bonds is 4. The van der Waals surface area contributed by atoms with Crippen molar-refractivity contribution in [1.82, 2.24) is 9.97 Å². The highest BCUT2D eigenvalue weighted by molar-refractivity contribution is 5.75. The molecule has 0 unspecified atom stereocenters. The number of aryl methyl sites for hydroxylation is 1. The van der Waals surface area contributed by atoms with Crippen molar-refractivity contribution in [2.24, 2.45) is 0 Å². The number of hydrogen-bond acceptors (Lipinski definition) is 4. The summed E-state index contributed by atoms with van der Waals surface area (Å²) in [6.07, 6.45) is 1.46. The Morgan fingerprint density at radius 3 is 2.89 bits per heavy atom. The summed E-state index contributed by atoms with van der Waals surface area (Å²) in [6.45, 7) is 1.77. The molecule has 0 saturated heterocycles. The fourth-order valence-electron chi connectivity index (χ4n) is 1.81. The molecule has 1 N–H and O–H groups in total. The van der Waals surface area contributed by atoms with Crippen molar-refractivity contribution >= 4 is 5.97 Å². The van der Waals surface area contributed by atoms with Gasteiger partial charge in [0.1, 0.15) is 11.6 Å². The molecule has 0 atom stereocenters. The van der Waals surface area contributed by atoms with Crippen LogP contribution in [-0.2, 0) is 11.2 Å². The van der Waals surface area contributed by atoms with Crippen LogP contribution in [0.3, 0.4) is 0 Å². The van der Waals surface area contributed by atoms with Gasteiger partial charge >= 0.3 is 5.97 Å². The number of ether oxygens (including phenoxy) is 1. The van der Waals surface area contributed by atoms with E-state index in [1.54, 1.807) is 20.2 Å². The Balaban J connectivity index is 2.52. The summed E-state index contributed by atoms with van der Waals surface area (Å²) >= 11 is 0. The zero-order chi connectivity index (χ0) is 13.8. The van der Waals surface area contributed by atoms with E-state index in [-0.39, 0.29) is 6.42 Å². The van der Waals surface area contributed by atoms with E-state index < -0.39 is 5.97 Å². The third kappa shape index (κ3) is 3.07. The van der Waals surface area contributed by atoms with Crippen LogP contribution >= 0.6 is 0 Å². The molecule has 2 aromatic rings. The van der Waals surface area contributed by atoms with E-state index in [9.17, 15) is 4.79 Å². The minimum Gasteiger partial charge on any atom is -0.497 e.